The molecular formula is C20H29N5O4S. The van der Waals surface area contributed by atoms with Crippen LogP contribution in [0.5, 0.6) is 0 Å². The second-order valence-corrected chi connectivity index (χ2v) is 8.97. The number of aryl methyl sites for hydroxylation is 1. The van der Waals surface area contributed by atoms with Crippen molar-refractivity contribution >= 4 is 29.2 Å². The Labute approximate surface area is 179 Å². The van der Waals surface area contributed by atoms with Crippen LogP contribution >= 0.6 is 11.3 Å². The number of ether oxygens (including phenoxy) is 1. The van der Waals surface area contributed by atoms with Gasteiger partial charge in [0.2, 0.25) is 5.91 Å². The molecular weight excluding hydrogens is 406 g/mol. The molecule has 1 saturated carbocycles. The molecule has 0 aliphatic heterocycles. The maximum atomic E-state index is 12.2. The van der Waals surface area contributed by atoms with Crippen molar-refractivity contribution in [3.05, 3.63) is 27.8 Å². The topological polar surface area (TPSA) is 129 Å². The molecule has 1 fully saturated rings. The number of carbonyl (C=O) groups excluding carboxylic acids is 2. The van der Waals surface area contributed by atoms with Crippen LogP contribution in [0.4, 0.5) is 10.6 Å². The number of amides is 2. The summed E-state index contributed by atoms with van der Waals surface area (Å²) in [4.78, 5) is 29.2. The number of carbonyl (C=O) groups is 2. The van der Waals surface area contributed by atoms with E-state index in [1.54, 1.807) is 6.20 Å². The van der Waals surface area contributed by atoms with Gasteiger partial charge < -0.3 is 20.5 Å². The van der Waals surface area contributed by atoms with E-state index in [4.69, 9.17) is 4.74 Å². The Morgan fingerprint density at radius 1 is 1.43 bits per heavy atom. The third-order valence-electron chi connectivity index (χ3n) is 5.34. The minimum absolute atomic E-state index is 0.0465. The summed E-state index contributed by atoms with van der Waals surface area (Å²) in [5, 5.41) is 22.8. The van der Waals surface area contributed by atoms with Gasteiger partial charge in [-0.1, -0.05) is 6.92 Å². The molecule has 1 aliphatic carbocycles. The highest BCUT2D eigenvalue weighted by Crippen LogP contribution is 2.35. The highest BCUT2D eigenvalue weighted by molar-refractivity contribution is 7.11. The number of aromatic amines is 1. The normalized spacial score (nSPS) is 19.4. The van der Waals surface area contributed by atoms with E-state index < -0.39 is 6.09 Å². The van der Waals surface area contributed by atoms with Crippen LogP contribution in [0.1, 0.15) is 54.1 Å². The van der Waals surface area contributed by atoms with Crippen molar-refractivity contribution in [3.8, 4) is 0 Å². The van der Waals surface area contributed by atoms with E-state index in [0.29, 0.717) is 18.8 Å². The fourth-order valence-corrected chi connectivity index (χ4v) is 4.32. The Morgan fingerprint density at radius 2 is 2.27 bits per heavy atom. The Bertz CT molecular complexity index is 848. The molecule has 3 atom stereocenters. The van der Waals surface area contributed by atoms with Crippen molar-refractivity contribution in [1.29, 1.82) is 0 Å². The number of H-pyrrole nitrogens is 1. The summed E-state index contributed by atoms with van der Waals surface area (Å²) in [5.41, 5.74) is 0.928. The fourth-order valence-electron chi connectivity index (χ4n) is 3.53. The SMILES string of the molecule is CCC(CO)CNC(=O)O[C@@H]1CC[C@H](c2cc(NC(=O)Cc3cnc(C)s3)n[nH]2)C1. The molecule has 164 valence electrons. The molecule has 2 heterocycles. The predicted octanol–water partition coefficient (Wildman–Crippen LogP) is 2.74. The second-order valence-electron chi connectivity index (χ2n) is 7.65. The van der Waals surface area contributed by atoms with Crippen molar-refractivity contribution in [2.45, 2.75) is 58.0 Å². The number of aromatic nitrogens is 3. The van der Waals surface area contributed by atoms with Crippen molar-refractivity contribution in [1.82, 2.24) is 20.5 Å². The molecule has 3 rings (SSSR count). The number of nitrogens with zero attached hydrogens (tertiary/aromatic N) is 2. The number of hydrogen-bond acceptors (Lipinski definition) is 7. The van der Waals surface area contributed by atoms with Gasteiger partial charge in [-0.05, 0) is 38.5 Å². The Morgan fingerprint density at radius 3 is 2.97 bits per heavy atom. The minimum atomic E-state index is -0.441. The van der Waals surface area contributed by atoms with Crippen LogP contribution in [-0.2, 0) is 16.0 Å². The van der Waals surface area contributed by atoms with Gasteiger partial charge in [-0.2, -0.15) is 5.10 Å². The smallest absolute Gasteiger partial charge is 0.407 e. The molecule has 30 heavy (non-hydrogen) atoms. The average Bonchev–Trinajstić information content (AvgIpc) is 3.44. The van der Waals surface area contributed by atoms with E-state index in [1.807, 2.05) is 19.9 Å². The molecule has 10 heteroatoms. The van der Waals surface area contributed by atoms with Gasteiger partial charge in [-0.15, -0.1) is 11.3 Å². The Hall–Kier alpha value is -2.46. The molecule has 2 aromatic heterocycles. The maximum Gasteiger partial charge on any atom is 0.407 e. The highest BCUT2D eigenvalue weighted by Gasteiger charge is 2.30. The summed E-state index contributed by atoms with van der Waals surface area (Å²) in [6.07, 6.45) is 4.56. The lowest BCUT2D eigenvalue weighted by atomic mass is 10.0. The monoisotopic (exact) mass is 435 g/mol. The first-order chi connectivity index (χ1) is 14.5. The van der Waals surface area contributed by atoms with E-state index in [0.717, 1.165) is 34.8 Å². The van der Waals surface area contributed by atoms with Gasteiger partial charge >= 0.3 is 6.09 Å². The van der Waals surface area contributed by atoms with Crippen LogP contribution in [0.25, 0.3) is 0 Å². The van der Waals surface area contributed by atoms with Gasteiger partial charge in [0, 0.05) is 41.9 Å². The van der Waals surface area contributed by atoms with Crippen LogP contribution in [0.15, 0.2) is 12.3 Å². The zero-order valence-corrected chi connectivity index (χ0v) is 18.1. The largest absolute Gasteiger partial charge is 0.446 e. The number of hydrogen-bond donors (Lipinski definition) is 4. The van der Waals surface area contributed by atoms with Crippen LogP contribution in [0.2, 0.25) is 0 Å². The van der Waals surface area contributed by atoms with Crippen LogP contribution in [-0.4, -0.2) is 51.5 Å². The zero-order valence-electron chi connectivity index (χ0n) is 17.3. The first-order valence-electron chi connectivity index (χ1n) is 10.3. The third-order valence-corrected chi connectivity index (χ3v) is 6.25. The summed E-state index contributed by atoms with van der Waals surface area (Å²) in [6.45, 7) is 4.33. The number of nitrogens with one attached hydrogen (secondary N) is 3. The fraction of sp³-hybridized carbons (Fsp3) is 0.600. The van der Waals surface area contributed by atoms with Crippen molar-refractivity contribution in [3.63, 3.8) is 0 Å². The number of anilines is 1. The van der Waals surface area contributed by atoms with Gasteiger partial charge in [-0.25, -0.2) is 9.78 Å². The molecule has 0 bridgehead atoms. The van der Waals surface area contributed by atoms with Gasteiger partial charge in [0.05, 0.1) is 11.4 Å². The van der Waals surface area contributed by atoms with Gasteiger partial charge in [-0.3, -0.25) is 9.89 Å². The summed E-state index contributed by atoms with van der Waals surface area (Å²) in [5.74, 6) is 0.612. The summed E-state index contributed by atoms with van der Waals surface area (Å²) in [7, 11) is 0. The summed E-state index contributed by atoms with van der Waals surface area (Å²) >= 11 is 1.51. The van der Waals surface area contributed by atoms with Crippen LogP contribution in [0, 0.1) is 12.8 Å². The second kappa shape index (κ2) is 10.5. The van der Waals surface area contributed by atoms with Crippen LogP contribution < -0.4 is 10.6 Å². The van der Waals surface area contributed by atoms with Gasteiger partial charge in [0.1, 0.15) is 6.10 Å². The Balaban J connectivity index is 1.43. The van der Waals surface area contributed by atoms with E-state index in [1.165, 1.54) is 11.3 Å². The summed E-state index contributed by atoms with van der Waals surface area (Å²) < 4.78 is 5.50. The standard InChI is InChI=1S/C20H29N5O4S/c1-3-13(11-26)9-22-20(28)29-15-5-4-14(6-15)17-8-18(25-24-17)23-19(27)7-16-10-21-12(2)30-16/h8,10,13-15,26H,3-7,9,11H2,1-2H3,(H,22,28)(H2,23,24,25,27)/t13?,14-,15+/m0/s1. The van der Waals surface area contributed by atoms with Crippen molar-refractivity contribution < 1.29 is 19.4 Å². The van der Waals surface area contributed by atoms with Crippen molar-refractivity contribution in [2.24, 2.45) is 5.92 Å². The minimum Gasteiger partial charge on any atom is -0.446 e. The molecule has 0 radical (unpaired) electrons. The maximum absolute atomic E-state index is 12.2. The van der Waals surface area contributed by atoms with E-state index in [-0.39, 0.29) is 36.9 Å². The molecule has 1 aliphatic rings. The quantitative estimate of drug-likeness (QED) is 0.479. The number of rotatable bonds is 9. The van der Waals surface area contributed by atoms with E-state index >= 15 is 0 Å². The lowest BCUT2D eigenvalue weighted by molar-refractivity contribution is -0.115. The van der Waals surface area contributed by atoms with Gasteiger partial charge in [0.25, 0.3) is 0 Å². The van der Waals surface area contributed by atoms with E-state index in [9.17, 15) is 14.7 Å². The zero-order chi connectivity index (χ0) is 21.5. The molecule has 9 nitrogen and oxygen atoms in total. The Kier molecular flexibility index (Phi) is 7.81. The molecule has 2 amide bonds. The predicted molar refractivity (Wildman–Crippen MR) is 114 cm³/mol. The molecule has 0 spiro atoms. The first kappa shape index (κ1) is 22.2. The van der Waals surface area contributed by atoms with Gasteiger partial charge in [0.15, 0.2) is 5.82 Å². The number of aliphatic hydroxyl groups excluding tert-OH is 1. The molecule has 0 aromatic carbocycles. The van der Waals surface area contributed by atoms with Crippen molar-refractivity contribution in [2.75, 3.05) is 18.5 Å². The molecule has 2 aromatic rings. The number of thiazole rings is 1. The van der Waals surface area contributed by atoms with Crippen LogP contribution in [0.3, 0.4) is 0 Å². The summed E-state index contributed by atoms with van der Waals surface area (Å²) in [6, 6.07) is 1.84. The lowest BCUT2D eigenvalue weighted by Gasteiger charge is -2.16. The first-order valence-corrected chi connectivity index (χ1v) is 11.1. The van der Waals surface area contributed by atoms with E-state index in [2.05, 4.69) is 25.8 Å². The lowest BCUT2D eigenvalue weighted by Crippen LogP contribution is -2.33. The average molecular weight is 436 g/mol. The highest BCUT2D eigenvalue weighted by atomic mass is 32.1. The molecule has 0 saturated heterocycles. The number of alkyl carbamates (subject to hydrolysis) is 1. The number of aliphatic hydroxyl groups is 1. The molecule has 4 N–H and O–H groups in total. The molecule has 1 unspecified atom stereocenters. The third kappa shape index (κ3) is 6.27.